The van der Waals surface area contributed by atoms with E-state index in [2.05, 4.69) is 3.63 Å². The van der Waals surface area contributed by atoms with Crippen LogP contribution in [0.1, 0.15) is 12.8 Å². The van der Waals surface area contributed by atoms with Crippen molar-refractivity contribution in [3.63, 3.8) is 0 Å². The quantitative estimate of drug-likeness (QED) is 0.250. The number of alkyl halides is 12. The first kappa shape index (κ1) is 32.6. The van der Waals surface area contributed by atoms with Gasteiger partial charge >= 0.3 is 49.0 Å². The van der Waals surface area contributed by atoms with Gasteiger partial charge in [-0.2, -0.15) is 69.5 Å². The van der Waals surface area contributed by atoms with Crippen molar-refractivity contribution < 1.29 is 77.7 Å². The summed E-state index contributed by atoms with van der Waals surface area (Å²) in [6.07, 6.45) is -5.78. The summed E-state index contributed by atoms with van der Waals surface area (Å²) in [7, 11) is -15.1. The summed E-state index contributed by atoms with van der Waals surface area (Å²) in [6, 6.07) is 8.33. The van der Waals surface area contributed by atoms with Crippen LogP contribution in [0.3, 0.4) is 0 Å². The van der Waals surface area contributed by atoms with Crippen LogP contribution in [-0.2, 0) is 23.9 Å². The largest absolute Gasteiger partial charge is 0.523 e. The molecule has 212 valence electrons. The minimum Gasteiger partial charge on any atom is -0.281 e. The molecule has 1 aliphatic rings. The molecule has 0 bridgehead atoms. The summed E-state index contributed by atoms with van der Waals surface area (Å²) in [5.74, 6) is -14.0. The summed E-state index contributed by atoms with van der Waals surface area (Å²) in [5.41, 5.74) is -5.37. The summed E-state index contributed by atoms with van der Waals surface area (Å²) in [6.45, 7) is 0. The first-order chi connectivity index (χ1) is 15.8. The molecule has 0 spiro atoms. The van der Waals surface area contributed by atoms with Crippen molar-refractivity contribution in [3.8, 4) is 0 Å². The monoisotopic (exact) mass is 614 g/mol. The highest BCUT2D eigenvalue weighted by molar-refractivity contribution is 8.33. The van der Waals surface area contributed by atoms with E-state index < -0.39 is 59.3 Å². The Hall–Kier alpha value is -1.45. The average Bonchev–Trinajstić information content (AvgIpc) is 3.15. The van der Waals surface area contributed by atoms with Crippen LogP contribution in [0, 0.1) is 0 Å². The van der Waals surface area contributed by atoms with Gasteiger partial charge in [-0.25, -0.2) is 3.63 Å². The van der Waals surface area contributed by atoms with Gasteiger partial charge in [0.2, 0.25) is 0 Å². The van der Waals surface area contributed by atoms with Crippen LogP contribution in [0.4, 0.5) is 52.7 Å². The normalized spacial score (nSPS) is 18.8. The van der Waals surface area contributed by atoms with Crippen LogP contribution in [0.25, 0.3) is 0 Å². The van der Waals surface area contributed by atoms with Gasteiger partial charge < -0.3 is 0 Å². The van der Waals surface area contributed by atoms with Gasteiger partial charge in [0.05, 0.1) is 0 Å². The fraction of sp³-hybridized carbons (Fsp3) is 0.600. The molecule has 1 aliphatic heterocycles. The zero-order chi connectivity index (χ0) is 28.6. The van der Waals surface area contributed by atoms with Gasteiger partial charge in [-0.3, -0.25) is 4.55 Å². The zero-order valence-electron chi connectivity index (χ0n) is 17.0. The van der Waals surface area contributed by atoms with Gasteiger partial charge in [0.25, 0.3) is 0 Å². The Bertz CT molecular complexity index is 1110. The molecule has 0 aromatic heterocycles. The molecule has 1 N–H and O–H groups in total. The maximum Gasteiger partial charge on any atom is 0.523 e. The summed E-state index contributed by atoms with van der Waals surface area (Å²) >= 11 is 0. The van der Waals surface area contributed by atoms with E-state index in [1.54, 1.807) is 30.3 Å². The first-order valence-electron chi connectivity index (χ1n) is 8.80. The van der Waals surface area contributed by atoms with E-state index in [4.69, 9.17) is 4.55 Å². The van der Waals surface area contributed by atoms with Crippen LogP contribution in [0.5, 0.6) is 0 Å². The molecule has 0 aliphatic carbocycles. The second-order valence-electron chi connectivity index (χ2n) is 6.85. The van der Waals surface area contributed by atoms with E-state index in [9.17, 15) is 69.5 Å². The molecule has 0 amide bonds. The van der Waals surface area contributed by atoms with Crippen LogP contribution in [0.2, 0.25) is 0 Å². The van der Waals surface area contributed by atoms with E-state index >= 15 is 0 Å². The van der Waals surface area contributed by atoms with Gasteiger partial charge in [0.1, 0.15) is 0 Å². The highest BCUT2D eigenvalue weighted by atomic mass is 32.3. The SMILES string of the molecule is O=S(=O)(O)C(F)(F)C(F)(F)C(F)(F)C(F)(F)F.O=S(=O)(OS1(c2ccccc2)CCCC1)C(F)(F)F. The first-order valence-corrected chi connectivity index (χ1v) is 13.5. The highest BCUT2D eigenvalue weighted by Gasteiger charge is 2.85. The predicted molar refractivity (Wildman–Crippen MR) is 99.8 cm³/mol. The van der Waals surface area contributed by atoms with E-state index in [1.807, 2.05) is 0 Å². The third-order valence-electron chi connectivity index (χ3n) is 4.31. The van der Waals surface area contributed by atoms with Crippen molar-refractivity contribution >= 4 is 30.5 Å². The van der Waals surface area contributed by atoms with Crippen molar-refractivity contribution in [1.82, 2.24) is 0 Å². The summed E-state index contributed by atoms with van der Waals surface area (Å²) in [5, 5.41) is -7.00. The van der Waals surface area contributed by atoms with Crippen LogP contribution in [0.15, 0.2) is 35.2 Å². The maximum atomic E-state index is 12.5. The minimum absolute atomic E-state index is 0.353. The van der Waals surface area contributed by atoms with Gasteiger partial charge in [-0.15, -0.1) is 0 Å². The highest BCUT2D eigenvalue weighted by Crippen LogP contribution is 2.63. The smallest absolute Gasteiger partial charge is 0.281 e. The maximum absolute atomic E-state index is 12.5. The molecule has 1 fully saturated rings. The van der Waals surface area contributed by atoms with Crippen molar-refractivity contribution in [2.24, 2.45) is 0 Å². The van der Waals surface area contributed by atoms with Crippen molar-refractivity contribution in [2.45, 2.75) is 46.5 Å². The second-order valence-corrected chi connectivity index (χ2v) is 13.1. The van der Waals surface area contributed by atoms with Gasteiger partial charge in [0.15, 0.2) is 0 Å². The lowest BCUT2D eigenvalue weighted by Gasteiger charge is -2.34. The van der Waals surface area contributed by atoms with Crippen LogP contribution >= 0.6 is 10.3 Å². The molecular formula is C15H14F12O6S3. The average molecular weight is 614 g/mol. The molecule has 0 atom stereocenters. The Morgan fingerprint density at radius 3 is 1.47 bits per heavy atom. The zero-order valence-corrected chi connectivity index (χ0v) is 19.4. The van der Waals surface area contributed by atoms with Crippen molar-refractivity contribution in [1.29, 1.82) is 0 Å². The third kappa shape index (κ3) is 6.16. The van der Waals surface area contributed by atoms with Gasteiger partial charge in [0, 0.05) is 16.4 Å². The topological polar surface area (TPSA) is 97.7 Å². The van der Waals surface area contributed by atoms with Gasteiger partial charge in [-0.05, 0) is 25.0 Å². The number of rotatable bonds is 6. The molecule has 6 nitrogen and oxygen atoms in total. The fourth-order valence-electron chi connectivity index (χ4n) is 2.52. The molecule has 0 radical (unpaired) electrons. The molecule has 1 aromatic rings. The molecule has 1 saturated heterocycles. The van der Waals surface area contributed by atoms with E-state index in [0.717, 1.165) is 0 Å². The Kier molecular flexibility index (Phi) is 9.07. The molecule has 36 heavy (non-hydrogen) atoms. The summed E-state index contributed by atoms with van der Waals surface area (Å²) in [4.78, 5) is 0.556. The Balaban J connectivity index is 0.000000363. The molecular weight excluding hydrogens is 600 g/mol. The Morgan fingerprint density at radius 1 is 0.722 bits per heavy atom. The van der Waals surface area contributed by atoms with E-state index in [1.165, 1.54) is 0 Å². The molecule has 2 rings (SSSR count). The molecule has 1 heterocycles. The summed E-state index contributed by atoms with van der Waals surface area (Å²) < 4.78 is 199. The number of halogens is 12. The molecule has 0 unspecified atom stereocenters. The lowest BCUT2D eigenvalue weighted by molar-refractivity contribution is -0.382. The standard InChI is InChI=1S/C11H13F3O3S2.C4HF9O3S/c12-11(13,14)19(15,16)17-18(8-4-5-9-18)10-6-2-1-3-7-10;5-1(6,3(9,10)11)2(7,8)4(12,13)17(14,15)16/h1-3,6-7H,4-5,8-9H2;(H,14,15,16). The van der Waals surface area contributed by atoms with Gasteiger partial charge in [-0.1, -0.05) is 28.5 Å². The third-order valence-corrected chi connectivity index (χ3v) is 10.6. The lowest BCUT2D eigenvalue weighted by atomic mass is 10.1. The minimum atomic E-state index is -7.37. The molecule has 1 aromatic carbocycles. The van der Waals surface area contributed by atoms with Crippen molar-refractivity contribution in [2.75, 3.05) is 11.5 Å². The second kappa shape index (κ2) is 10.0. The Labute approximate surface area is 197 Å². The number of benzene rings is 1. The Morgan fingerprint density at radius 2 is 1.14 bits per heavy atom. The van der Waals surface area contributed by atoms with Crippen LogP contribution in [-0.4, -0.2) is 61.7 Å². The number of hydrogen-bond donors (Lipinski definition) is 1. The predicted octanol–water partition coefficient (Wildman–Crippen LogP) is 5.73. The molecule has 21 heteroatoms. The lowest BCUT2D eigenvalue weighted by Crippen LogP contribution is -2.63. The number of hydrogen-bond acceptors (Lipinski definition) is 5. The van der Waals surface area contributed by atoms with Crippen molar-refractivity contribution in [3.05, 3.63) is 30.3 Å². The van der Waals surface area contributed by atoms with E-state index in [0.29, 0.717) is 29.2 Å². The molecule has 0 saturated carbocycles. The fourth-order valence-corrected chi connectivity index (χ4v) is 8.18. The van der Waals surface area contributed by atoms with Crippen LogP contribution < -0.4 is 0 Å². The van der Waals surface area contributed by atoms with E-state index in [-0.39, 0.29) is 0 Å².